The molecule has 0 aliphatic carbocycles. The lowest BCUT2D eigenvalue weighted by Gasteiger charge is -1.90. The minimum absolute atomic E-state index is 0.442. The van der Waals surface area contributed by atoms with Crippen molar-refractivity contribution in [2.45, 2.75) is 6.92 Å². The first-order chi connectivity index (χ1) is 7.72. The number of ether oxygens (including phenoxy) is 1. The van der Waals surface area contributed by atoms with E-state index in [9.17, 15) is 4.79 Å². The summed E-state index contributed by atoms with van der Waals surface area (Å²) >= 11 is 0. The molecule has 0 saturated heterocycles. The Morgan fingerprint density at radius 1 is 1.38 bits per heavy atom. The second kappa shape index (κ2) is 6.32. The van der Waals surface area contributed by atoms with Crippen LogP contribution in [0.25, 0.3) is 0 Å². The number of carbonyl (C=O) groups excluding carboxylic acids is 1. The van der Waals surface area contributed by atoms with Crippen LogP contribution in [-0.2, 0) is 9.53 Å². The van der Waals surface area contributed by atoms with Crippen molar-refractivity contribution in [3.63, 3.8) is 0 Å². The summed E-state index contributed by atoms with van der Waals surface area (Å²) in [5.41, 5.74) is 1.25. The molecule has 0 heterocycles. The average molecular weight is 216 g/mol. The van der Waals surface area contributed by atoms with E-state index in [4.69, 9.17) is 0 Å². The number of aliphatic imine (C=N–C) groups is 2. The highest BCUT2D eigenvalue weighted by atomic mass is 16.5. The first-order valence-electron chi connectivity index (χ1n) is 4.70. The van der Waals surface area contributed by atoms with E-state index in [1.807, 2.05) is 30.3 Å². The topological polar surface area (TPSA) is 51.0 Å². The molecule has 82 valence electrons. The molecule has 0 unspecified atom stereocenters. The number of rotatable bonds is 3. The van der Waals surface area contributed by atoms with E-state index < -0.39 is 5.97 Å². The minimum Gasteiger partial charge on any atom is -0.466 e. The van der Waals surface area contributed by atoms with Gasteiger partial charge in [-0.25, -0.2) is 4.79 Å². The fourth-order valence-corrected chi connectivity index (χ4v) is 0.926. The maximum absolute atomic E-state index is 10.8. The molecule has 4 heteroatoms. The summed E-state index contributed by atoms with van der Waals surface area (Å²) in [5, 5.41) is 0. The molecule has 1 aromatic rings. The van der Waals surface area contributed by atoms with E-state index in [1.165, 1.54) is 13.2 Å². The van der Waals surface area contributed by atoms with Gasteiger partial charge in [0, 0.05) is 6.08 Å². The summed E-state index contributed by atoms with van der Waals surface area (Å²) in [6.45, 7) is 1.67. The Kier molecular flexibility index (Phi) is 4.70. The Balaban J connectivity index is 2.70. The zero-order valence-electron chi connectivity index (χ0n) is 9.18. The number of hydrogen-bond donors (Lipinski definition) is 0. The molecule has 0 radical (unpaired) electrons. The zero-order chi connectivity index (χ0) is 11.8. The number of para-hydroxylation sites is 1. The highest BCUT2D eigenvalue weighted by Gasteiger charge is 1.93. The maximum atomic E-state index is 10.8. The van der Waals surface area contributed by atoms with Crippen molar-refractivity contribution < 1.29 is 9.53 Å². The predicted molar refractivity (Wildman–Crippen MR) is 61.7 cm³/mol. The number of allylic oxidation sites excluding steroid dienone is 1. The number of carbonyl (C=O) groups is 1. The smallest absolute Gasteiger partial charge is 0.332 e. The van der Waals surface area contributed by atoms with Crippen LogP contribution in [0, 0.1) is 0 Å². The summed E-state index contributed by atoms with van der Waals surface area (Å²) in [6.07, 6.45) is 1.27. The van der Waals surface area contributed by atoms with E-state index in [0.29, 0.717) is 5.70 Å². The van der Waals surface area contributed by atoms with Crippen LogP contribution in [0.3, 0.4) is 0 Å². The molecule has 0 amide bonds. The summed E-state index contributed by atoms with van der Waals surface area (Å²) < 4.78 is 4.45. The SMILES string of the molecule is COC(=O)/C=C(\C)N=C=Nc1ccccc1. The van der Waals surface area contributed by atoms with Crippen molar-refractivity contribution in [3.05, 3.63) is 42.1 Å². The molecule has 16 heavy (non-hydrogen) atoms. The summed E-state index contributed by atoms with van der Waals surface area (Å²) in [7, 11) is 1.31. The Bertz CT molecular complexity index is 443. The van der Waals surface area contributed by atoms with Crippen LogP contribution in [0.1, 0.15) is 6.92 Å². The minimum atomic E-state index is -0.442. The highest BCUT2D eigenvalue weighted by Crippen LogP contribution is 2.07. The first-order valence-corrected chi connectivity index (χ1v) is 4.70. The predicted octanol–water partition coefficient (Wildman–Crippen LogP) is 2.57. The van der Waals surface area contributed by atoms with Gasteiger partial charge in [-0.1, -0.05) is 18.2 Å². The molecule has 1 aromatic carbocycles. The van der Waals surface area contributed by atoms with Gasteiger partial charge in [-0.15, -0.1) is 0 Å². The van der Waals surface area contributed by atoms with E-state index in [-0.39, 0.29) is 0 Å². The maximum Gasteiger partial charge on any atom is 0.332 e. The van der Waals surface area contributed by atoms with E-state index >= 15 is 0 Å². The molecule has 4 nitrogen and oxygen atoms in total. The van der Waals surface area contributed by atoms with Gasteiger partial charge >= 0.3 is 5.97 Å². The van der Waals surface area contributed by atoms with Crippen LogP contribution in [0.4, 0.5) is 5.69 Å². The third-order valence-electron chi connectivity index (χ3n) is 1.69. The molecule has 1 rings (SSSR count). The molecule has 0 aliphatic rings. The van der Waals surface area contributed by atoms with Crippen molar-refractivity contribution in [1.82, 2.24) is 0 Å². The Morgan fingerprint density at radius 3 is 2.69 bits per heavy atom. The van der Waals surface area contributed by atoms with Gasteiger partial charge < -0.3 is 4.74 Å². The number of esters is 1. The third kappa shape index (κ3) is 4.35. The largest absolute Gasteiger partial charge is 0.466 e. The van der Waals surface area contributed by atoms with Gasteiger partial charge in [0.15, 0.2) is 0 Å². The van der Waals surface area contributed by atoms with Gasteiger partial charge in [0.25, 0.3) is 0 Å². The lowest BCUT2D eigenvalue weighted by atomic mass is 10.3. The number of methoxy groups -OCH3 is 1. The van der Waals surface area contributed by atoms with Crippen LogP contribution >= 0.6 is 0 Å². The van der Waals surface area contributed by atoms with Crippen molar-refractivity contribution >= 4 is 17.7 Å². The molecule has 0 N–H and O–H groups in total. The molecule has 0 saturated carbocycles. The number of nitrogens with zero attached hydrogens (tertiary/aromatic N) is 2. The molecule has 0 aliphatic heterocycles. The Morgan fingerprint density at radius 2 is 2.06 bits per heavy atom. The quantitative estimate of drug-likeness (QED) is 0.443. The molecular formula is C12H12N2O2. The van der Waals surface area contributed by atoms with Gasteiger partial charge in [0.05, 0.1) is 18.5 Å². The van der Waals surface area contributed by atoms with Crippen LogP contribution in [0.2, 0.25) is 0 Å². The van der Waals surface area contributed by atoms with E-state index in [1.54, 1.807) is 6.92 Å². The zero-order valence-corrected chi connectivity index (χ0v) is 9.18. The standard InChI is InChI=1S/C12H12N2O2/c1-10(8-12(15)16-2)13-9-14-11-6-4-3-5-7-11/h3-8H,1-2H3/b10-8+. The van der Waals surface area contributed by atoms with E-state index in [0.717, 1.165) is 5.69 Å². The summed E-state index contributed by atoms with van der Waals surface area (Å²) in [5.74, 6) is -0.442. The first kappa shape index (κ1) is 11.9. The molecule has 0 aromatic heterocycles. The molecule has 0 spiro atoms. The fourth-order valence-electron chi connectivity index (χ4n) is 0.926. The van der Waals surface area contributed by atoms with Crippen molar-refractivity contribution in [1.29, 1.82) is 0 Å². The monoisotopic (exact) mass is 216 g/mol. The van der Waals surface area contributed by atoms with Crippen molar-refractivity contribution in [2.75, 3.05) is 7.11 Å². The van der Waals surface area contributed by atoms with Crippen LogP contribution in [0.5, 0.6) is 0 Å². The van der Waals surface area contributed by atoms with Gasteiger partial charge in [-0.2, -0.15) is 9.98 Å². The van der Waals surface area contributed by atoms with Crippen molar-refractivity contribution in [3.8, 4) is 0 Å². The number of hydrogen-bond acceptors (Lipinski definition) is 4. The summed E-state index contributed by atoms with van der Waals surface area (Å²) in [4.78, 5) is 18.7. The van der Waals surface area contributed by atoms with Gasteiger partial charge in [-0.3, -0.25) is 0 Å². The second-order valence-corrected chi connectivity index (χ2v) is 2.97. The number of benzene rings is 1. The van der Waals surface area contributed by atoms with Crippen LogP contribution < -0.4 is 0 Å². The highest BCUT2D eigenvalue weighted by molar-refractivity contribution is 5.82. The van der Waals surface area contributed by atoms with Gasteiger partial charge in [0.2, 0.25) is 0 Å². The normalized spacial score (nSPS) is 10.2. The fraction of sp³-hybridized carbons (Fsp3) is 0.167. The van der Waals surface area contributed by atoms with Gasteiger partial charge in [-0.05, 0) is 19.1 Å². The molecular weight excluding hydrogens is 204 g/mol. The lowest BCUT2D eigenvalue weighted by molar-refractivity contribution is -0.134. The molecule has 0 bridgehead atoms. The lowest BCUT2D eigenvalue weighted by Crippen LogP contribution is -1.94. The summed E-state index contributed by atoms with van der Waals surface area (Å²) in [6, 6.07) is 11.8. The van der Waals surface area contributed by atoms with Crippen molar-refractivity contribution in [2.24, 2.45) is 9.98 Å². The van der Waals surface area contributed by atoms with Gasteiger partial charge in [0.1, 0.15) is 6.01 Å². The third-order valence-corrected chi connectivity index (χ3v) is 1.69. The Hall–Kier alpha value is -2.19. The average Bonchev–Trinajstić information content (AvgIpc) is 2.30. The Labute approximate surface area is 94.0 Å². The van der Waals surface area contributed by atoms with Crippen LogP contribution in [0.15, 0.2) is 52.1 Å². The van der Waals surface area contributed by atoms with Crippen LogP contribution in [-0.4, -0.2) is 19.1 Å². The van der Waals surface area contributed by atoms with E-state index in [2.05, 4.69) is 20.7 Å². The molecule has 0 fully saturated rings. The second-order valence-electron chi connectivity index (χ2n) is 2.97. The molecule has 0 atom stereocenters.